The predicted octanol–water partition coefficient (Wildman–Crippen LogP) is 2.64. The third-order valence-electron chi connectivity index (χ3n) is 3.33. The molecule has 21 heavy (non-hydrogen) atoms. The lowest BCUT2D eigenvalue weighted by Gasteiger charge is -2.17. The Labute approximate surface area is 125 Å². The van der Waals surface area contributed by atoms with Gasteiger partial charge in [0.1, 0.15) is 5.75 Å². The first-order chi connectivity index (χ1) is 9.97. The average molecular weight is 286 g/mol. The van der Waals surface area contributed by atoms with Crippen LogP contribution in [-0.4, -0.2) is 10.7 Å². The SMILES string of the molecule is Cc1cccc(=O)n1CC(N)c1ccc(OC(C)C)cc1. The van der Waals surface area contributed by atoms with Crippen molar-refractivity contribution < 1.29 is 4.74 Å². The smallest absolute Gasteiger partial charge is 0.250 e. The summed E-state index contributed by atoms with van der Waals surface area (Å²) in [4.78, 5) is 11.9. The Hall–Kier alpha value is -2.07. The zero-order valence-corrected chi connectivity index (χ0v) is 12.7. The number of nitrogens with two attached hydrogens (primary N) is 1. The molecule has 1 heterocycles. The molecule has 1 unspecified atom stereocenters. The Morgan fingerprint density at radius 2 is 1.81 bits per heavy atom. The van der Waals surface area contributed by atoms with E-state index in [4.69, 9.17) is 10.5 Å². The summed E-state index contributed by atoms with van der Waals surface area (Å²) in [6.45, 7) is 6.36. The summed E-state index contributed by atoms with van der Waals surface area (Å²) in [6.07, 6.45) is 0.148. The van der Waals surface area contributed by atoms with Gasteiger partial charge in [-0.25, -0.2) is 0 Å². The summed E-state index contributed by atoms with van der Waals surface area (Å²) >= 11 is 0. The van der Waals surface area contributed by atoms with Crippen LogP contribution in [0.1, 0.15) is 31.1 Å². The van der Waals surface area contributed by atoms with Crippen molar-refractivity contribution in [3.8, 4) is 5.75 Å². The fraction of sp³-hybridized carbons (Fsp3) is 0.353. The Kier molecular flexibility index (Phi) is 4.81. The van der Waals surface area contributed by atoms with Crippen molar-refractivity contribution in [1.29, 1.82) is 0 Å². The van der Waals surface area contributed by atoms with Crippen LogP contribution in [0.3, 0.4) is 0 Å². The highest BCUT2D eigenvalue weighted by molar-refractivity contribution is 5.29. The number of hydrogen-bond donors (Lipinski definition) is 1. The van der Waals surface area contributed by atoms with Crippen molar-refractivity contribution in [1.82, 2.24) is 4.57 Å². The highest BCUT2D eigenvalue weighted by Crippen LogP contribution is 2.18. The van der Waals surface area contributed by atoms with Gasteiger partial charge in [0.15, 0.2) is 0 Å². The molecule has 0 bridgehead atoms. The zero-order chi connectivity index (χ0) is 15.4. The van der Waals surface area contributed by atoms with E-state index in [0.29, 0.717) is 6.54 Å². The van der Waals surface area contributed by atoms with Crippen molar-refractivity contribution >= 4 is 0 Å². The number of ether oxygens (including phenoxy) is 1. The molecule has 0 fully saturated rings. The number of aryl methyl sites for hydroxylation is 1. The van der Waals surface area contributed by atoms with Gasteiger partial charge >= 0.3 is 0 Å². The molecule has 0 saturated carbocycles. The molecular formula is C17H22N2O2. The van der Waals surface area contributed by atoms with Crippen molar-refractivity contribution in [3.05, 3.63) is 64.1 Å². The molecule has 1 aromatic carbocycles. The van der Waals surface area contributed by atoms with E-state index in [1.54, 1.807) is 16.7 Å². The summed E-state index contributed by atoms with van der Waals surface area (Å²) in [5.74, 6) is 0.828. The van der Waals surface area contributed by atoms with E-state index < -0.39 is 0 Å². The molecule has 0 radical (unpaired) electrons. The maximum absolute atomic E-state index is 11.9. The third kappa shape index (κ3) is 3.95. The minimum atomic E-state index is -0.225. The number of hydrogen-bond acceptors (Lipinski definition) is 3. The number of aromatic nitrogens is 1. The van der Waals surface area contributed by atoms with E-state index >= 15 is 0 Å². The maximum atomic E-state index is 11.9. The third-order valence-corrected chi connectivity index (χ3v) is 3.33. The summed E-state index contributed by atoms with van der Waals surface area (Å²) in [5, 5.41) is 0. The van der Waals surface area contributed by atoms with Crippen LogP contribution >= 0.6 is 0 Å². The minimum absolute atomic E-state index is 0.0230. The first kappa shape index (κ1) is 15.3. The number of nitrogens with zero attached hydrogens (tertiary/aromatic N) is 1. The molecule has 0 amide bonds. The zero-order valence-electron chi connectivity index (χ0n) is 12.7. The van der Waals surface area contributed by atoms with Crippen molar-refractivity contribution in [2.45, 2.75) is 39.5 Å². The molecule has 0 aliphatic rings. The number of benzene rings is 1. The predicted molar refractivity (Wildman–Crippen MR) is 84.6 cm³/mol. The highest BCUT2D eigenvalue weighted by Gasteiger charge is 2.09. The van der Waals surface area contributed by atoms with Crippen molar-refractivity contribution in [2.24, 2.45) is 5.73 Å². The molecule has 0 aliphatic carbocycles. The lowest BCUT2D eigenvalue weighted by molar-refractivity contribution is 0.242. The number of rotatable bonds is 5. The van der Waals surface area contributed by atoms with Crippen LogP contribution < -0.4 is 16.0 Å². The number of pyridine rings is 1. The van der Waals surface area contributed by atoms with Gasteiger partial charge in [0, 0.05) is 24.3 Å². The summed E-state index contributed by atoms with van der Waals surface area (Å²) < 4.78 is 7.31. The fourth-order valence-electron chi connectivity index (χ4n) is 2.23. The van der Waals surface area contributed by atoms with E-state index in [1.807, 2.05) is 51.1 Å². The van der Waals surface area contributed by atoms with Crippen LogP contribution in [0.2, 0.25) is 0 Å². The van der Waals surface area contributed by atoms with Gasteiger partial charge in [-0.2, -0.15) is 0 Å². The lowest BCUT2D eigenvalue weighted by Crippen LogP contribution is -2.27. The van der Waals surface area contributed by atoms with Gasteiger partial charge in [0.05, 0.1) is 6.10 Å². The molecule has 1 atom stereocenters. The molecule has 2 aromatic rings. The van der Waals surface area contributed by atoms with Gasteiger partial charge in [-0.15, -0.1) is 0 Å². The topological polar surface area (TPSA) is 57.2 Å². The van der Waals surface area contributed by atoms with E-state index in [1.165, 1.54) is 0 Å². The van der Waals surface area contributed by atoms with Crippen LogP contribution in [0.25, 0.3) is 0 Å². The van der Waals surface area contributed by atoms with Gasteiger partial charge in [0.25, 0.3) is 5.56 Å². The van der Waals surface area contributed by atoms with Gasteiger partial charge in [-0.3, -0.25) is 4.79 Å². The van der Waals surface area contributed by atoms with E-state index in [-0.39, 0.29) is 17.7 Å². The standard InChI is InChI=1S/C17H22N2O2/c1-12(2)21-15-9-7-14(8-10-15)16(18)11-19-13(3)5-4-6-17(19)20/h4-10,12,16H,11,18H2,1-3H3. The Morgan fingerprint density at radius 3 is 2.38 bits per heavy atom. The Balaban J connectivity index is 2.13. The van der Waals surface area contributed by atoms with Gasteiger partial charge in [-0.1, -0.05) is 18.2 Å². The second-order valence-corrected chi connectivity index (χ2v) is 5.46. The van der Waals surface area contributed by atoms with E-state index in [2.05, 4.69) is 0 Å². The van der Waals surface area contributed by atoms with E-state index in [0.717, 1.165) is 17.0 Å². The molecule has 4 heteroatoms. The van der Waals surface area contributed by atoms with Gasteiger partial charge in [-0.05, 0) is 44.5 Å². The molecule has 4 nitrogen and oxygen atoms in total. The summed E-state index contributed by atoms with van der Waals surface area (Å²) in [6, 6.07) is 12.7. The van der Waals surface area contributed by atoms with Crippen LogP contribution in [0, 0.1) is 6.92 Å². The molecular weight excluding hydrogens is 264 g/mol. The second-order valence-electron chi connectivity index (χ2n) is 5.46. The van der Waals surface area contributed by atoms with Crippen LogP contribution in [-0.2, 0) is 6.54 Å². The lowest BCUT2D eigenvalue weighted by atomic mass is 10.1. The Bertz CT molecular complexity index is 645. The van der Waals surface area contributed by atoms with Gasteiger partial charge in [0.2, 0.25) is 0 Å². The maximum Gasteiger partial charge on any atom is 0.250 e. The molecule has 1 aromatic heterocycles. The van der Waals surface area contributed by atoms with Crippen LogP contribution in [0.15, 0.2) is 47.3 Å². The average Bonchev–Trinajstić information content (AvgIpc) is 2.43. The Morgan fingerprint density at radius 1 is 1.14 bits per heavy atom. The molecule has 0 saturated heterocycles. The molecule has 0 aliphatic heterocycles. The monoisotopic (exact) mass is 286 g/mol. The molecule has 0 spiro atoms. The molecule has 2 N–H and O–H groups in total. The van der Waals surface area contributed by atoms with Crippen molar-refractivity contribution in [3.63, 3.8) is 0 Å². The first-order valence-corrected chi connectivity index (χ1v) is 7.16. The first-order valence-electron chi connectivity index (χ1n) is 7.16. The van der Waals surface area contributed by atoms with Crippen molar-refractivity contribution in [2.75, 3.05) is 0 Å². The summed E-state index contributed by atoms with van der Waals surface area (Å²) in [7, 11) is 0. The van der Waals surface area contributed by atoms with E-state index in [9.17, 15) is 4.79 Å². The normalized spacial score (nSPS) is 12.4. The largest absolute Gasteiger partial charge is 0.491 e. The highest BCUT2D eigenvalue weighted by atomic mass is 16.5. The fourth-order valence-corrected chi connectivity index (χ4v) is 2.23. The van der Waals surface area contributed by atoms with Crippen LogP contribution in [0.4, 0.5) is 0 Å². The second kappa shape index (κ2) is 6.59. The summed E-state index contributed by atoms with van der Waals surface area (Å²) in [5.41, 5.74) is 8.09. The molecule has 112 valence electrons. The minimum Gasteiger partial charge on any atom is -0.491 e. The quantitative estimate of drug-likeness (QED) is 0.919. The molecule has 2 rings (SSSR count). The van der Waals surface area contributed by atoms with Gasteiger partial charge < -0.3 is 15.0 Å². The van der Waals surface area contributed by atoms with Crippen LogP contribution in [0.5, 0.6) is 5.75 Å².